The molecule has 0 spiro atoms. The van der Waals surface area contributed by atoms with Crippen molar-refractivity contribution in [3.8, 4) is 0 Å². The van der Waals surface area contributed by atoms with Crippen LogP contribution in [0.25, 0.3) is 0 Å². The van der Waals surface area contributed by atoms with Crippen molar-refractivity contribution in [2.75, 3.05) is 26.7 Å². The first-order valence-corrected chi connectivity index (χ1v) is 7.79. The lowest BCUT2D eigenvalue weighted by Crippen LogP contribution is -2.45. The maximum absolute atomic E-state index is 12.2. The van der Waals surface area contributed by atoms with Gasteiger partial charge in [-0.2, -0.15) is 5.10 Å². The first kappa shape index (κ1) is 15.7. The summed E-state index contributed by atoms with van der Waals surface area (Å²) < 4.78 is 0. The zero-order valence-electron chi connectivity index (χ0n) is 13.3. The van der Waals surface area contributed by atoms with Crippen LogP contribution in [0.3, 0.4) is 0 Å². The SMILES string of the molecule is CN(C[C@@]1(O)CCN(Cc2ccccc2)C1)C(=O)c1ccn[nH]1. The zero-order valence-corrected chi connectivity index (χ0v) is 13.3. The van der Waals surface area contributed by atoms with E-state index in [1.165, 1.54) is 5.56 Å². The second kappa shape index (κ2) is 6.52. The number of benzene rings is 1. The Morgan fingerprint density at radius 2 is 2.17 bits per heavy atom. The summed E-state index contributed by atoms with van der Waals surface area (Å²) in [7, 11) is 1.71. The van der Waals surface area contributed by atoms with E-state index in [1.807, 2.05) is 18.2 Å². The third-order valence-electron chi connectivity index (χ3n) is 4.27. The minimum absolute atomic E-state index is 0.155. The van der Waals surface area contributed by atoms with Gasteiger partial charge in [-0.25, -0.2) is 0 Å². The van der Waals surface area contributed by atoms with Crippen molar-refractivity contribution < 1.29 is 9.90 Å². The molecule has 1 aliphatic rings. The Morgan fingerprint density at radius 1 is 1.39 bits per heavy atom. The van der Waals surface area contributed by atoms with Crippen LogP contribution in [0, 0.1) is 0 Å². The Balaban J connectivity index is 1.57. The van der Waals surface area contributed by atoms with Crippen LogP contribution in [0.5, 0.6) is 0 Å². The molecule has 23 heavy (non-hydrogen) atoms. The lowest BCUT2D eigenvalue weighted by molar-refractivity contribution is 0.0168. The standard InChI is InChI=1S/C17H22N4O2/c1-20(16(22)15-7-9-18-19-15)12-17(23)8-10-21(13-17)11-14-5-3-2-4-6-14/h2-7,9,23H,8,10-13H2,1H3,(H,18,19)/t17-/m0/s1. The highest BCUT2D eigenvalue weighted by Crippen LogP contribution is 2.24. The summed E-state index contributed by atoms with van der Waals surface area (Å²) in [4.78, 5) is 16.0. The van der Waals surface area contributed by atoms with Gasteiger partial charge < -0.3 is 10.0 Å². The maximum atomic E-state index is 12.2. The number of amides is 1. The molecule has 122 valence electrons. The van der Waals surface area contributed by atoms with Crippen molar-refractivity contribution in [2.24, 2.45) is 0 Å². The van der Waals surface area contributed by atoms with Gasteiger partial charge in [-0.3, -0.25) is 14.8 Å². The van der Waals surface area contributed by atoms with Crippen LogP contribution in [0.4, 0.5) is 0 Å². The van der Waals surface area contributed by atoms with Crippen molar-refractivity contribution in [1.82, 2.24) is 20.0 Å². The molecule has 1 aliphatic heterocycles. The normalized spacial score (nSPS) is 21.5. The molecule has 1 aromatic heterocycles. The molecule has 6 nitrogen and oxygen atoms in total. The van der Waals surface area contributed by atoms with Gasteiger partial charge in [-0.1, -0.05) is 30.3 Å². The molecule has 3 rings (SSSR count). The Labute approximate surface area is 135 Å². The molecule has 0 aliphatic carbocycles. The molecule has 2 heterocycles. The van der Waals surface area contributed by atoms with Gasteiger partial charge in [-0.05, 0) is 18.1 Å². The molecule has 0 bridgehead atoms. The van der Waals surface area contributed by atoms with Crippen molar-refractivity contribution in [3.05, 3.63) is 53.9 Å². The van der Waals surface area contributed by atoms with Gasteiger partial charge in [0.2, 0.25) is 0 Å². The van der Waals surface area contributed by atoms with E-state index in [0.29, 0.717) is 25.2 Å². The van der Waals surface area contributed by atoms with Crippen molar-refractivity contribution in [1.29, 1.82) is 0 Å². The number of β-amino-alcohol motifs (C(OH)–C–C–N with tert-alkyl or cyclic N) is 1. The van der Waals surface area contributed by atoms with Gasteiger partial charge in [0, 0.05) is 32.9 Å². The van der Waals surface area contributed by atoms with Gasteiger partial charge >= 0.3 is 0 Å². The molecule has 1 amide bonds. The Morgan fingerprint density at radius 3 is 2.87 bits per heavy atom. The molecule has 0 saturated carbocycles. The summed E-state index contributed by atoms with van der Waals surface area (Å²) in [6, 6.07) is 11.9. The van der Waals surface area contributed by atoms with E-state index in [1.54, 1.807) is 24.2 Å². The summed E-state index contributed by atoms with van der Waals surface area (Å²) in [5.74, 6) is -0.155. The third-order valence-corrected chi connectivity index (χ3v) is 4.27. The molecule has 0 radical (unpaired) electrons. The summed E-state index contributed by atoms with van der Waals surface area (Å²) in [6.45, 7) is 2.54. The second-order valence-electron chi connectivity index (χ2n) is 6.30. The fourth-order valence-electron chi connectivity index (χ4n) is 3.14. The Bertz CT molecular complexity index is 644. The summed E-state index contributed by atoms with van der Waals surface area (Å²) in [6.07, 6.45) is 2.22. The van der Waals surface area contributed by atoms with Crippen molar-refractivity contribution in [2.45, 2.75) is 18.6 Å². The van der Waals surface area contributed by atoms with E-state index >= 15 is 0 Å². The monoisotopic (exact) mass is 314 g/mol. The molecular weight excluding hydrogens is 292 g/mol. The van der Waals surface area contributed by atoms with Crippen molar-refractivity contribution in [3.63, 3.8) is 0 Å². The van der Waals surface area contributed by atoms with Gasteiger partial charge in [0.05, 0.1) is 12.1 Å². The van der Waals surface area contributed by atoms with E-state index in [9.17, 15) is 9.90 Å². The summed E-state index contributed by atoms with van der Waals surface area (Å²) in [5.41, 5.74) is 0.813. The third kappa shape index (κ3) is 3.78. The Hall–Kier alpha value is -2.18. The van der Waals surface area contributed by atoms with Gasteiger partial charge in [0.1, 0.15) is 5.69 Å². The van der Waals surface area contributed by atoms with Crippen LogP contribution in [-0.2, 0) is 6.54 Å². The molecule has 2 N–H and O–H groups in total. The molecule has 1 aromatic carbocycles. The molecule has 1 fully saturated rings. The number of aliphatic hydroxyl groups is 1. The number of nitrogens with one attached hydrogen (secondary N) is 1. The number of aromatic nitrogens is 2. The highest BCUT2D eigenvalue weighted by Gasteiger charge is 2.38. The average molecular weight is 314 g/mol. The Kier molecular flexibility index (Phi) is 4.45. The number of likely N-dealkylation sites (tertiary alicyclic amines) is 1. The largest absolute Gasteiger partial charge is 0.387 e. The quantitative estimate of drug-likeness (QED) is 0.867. The fraction of sp³-hybridized carbons (Fsp3) is 0.412. The number of aromatic amines is 1. The van der Waals surface area contributed by atoms with E-state index in [2.05, 4.69) is 27.2 Å². The van der Waals surface area contributed by atoms with Gasteiger partial charge in [-0.15, -0.1) is 0 Å². The van der Waals surface area contributed by atoms with Gasteiger partial charge in [0.25, 0.3) is 5.91 Å². The first-order valence-electron chi connectivity index (χ1n) is 7.79. The van der Waals surface area contributed by atoms with Crippen LogP contribution >= 0.6 is 0 Å². The van der Waals surface area contributed by atoms with Crippen LogP contribution in [0.15, 0.2) is 42.6 Å². The topological polar surface area (TPSA) is 72.5 Å². The van der Waals surface area contributed by atoms with E-state index in [4.69, 9.17) is 0 Å². The molecular formula is C17H22N4O2. The average Bonchev–Trinajstić information content (AvgIpc) is 3.18. The van der Waals surface area contributed by atoms with E-state index < -0.39 is 5.60 Å². The number of likely N-dealkylation sites (N-methyl/N-ethyl adjacent to an activating group) is 1. The summed E-state index contributed by atoms with van der Waals surface area (Å²) >= 11 is 0. The molecule has 6 heteroatoms. The zero-order chi connectivity index (χ0) is 16.3. The van der Waals surface area contributed by atoms with Crippen LogP contribution in [0.1, 0.15) is 22.5 Å². The maximum Gasteiger partial charge on any atom is 0.271 e. The van der Waals surface area contributed by atoms with E-state index in [-0.39, 0.29) is 5.91 Å². The molecule has 2 aromatic rings. The second-order valence-corrected chi connectivity index (χ2v) is 6.30. The summed E-state index contributed by atoms with van der Waals surface area (Å²) in [5, 5.41) is 17.2. The molecule has 0 unspecified atom stereocenters. The first-order chi connectivity index (χ1) is 11.1. The predicted molar refractivity (Wildman–Crippen MR) is 86.8 cm³/mol. The lowest BCUT2D eigenvalue weighted by atomic mass is 10.0. The van der Waals surface area contributed by atoms with Crippen LogP contribution < -0.4 is 0 Å². The number of carbonyl (C=O) groups excluding carboxylic acids is 1. The minimum atomic E-state index is -0.862. The lowest BCUT2D eigenvalue weighted by Gasteiger charge is -2.29. The number of carbonyl (C=O) groups is 1. The number of rotatable bonds is 5. The number of hydrogen-bond acceptors (Lipinski definition) is 4. The van der Waals surface area contributed by atoms with Crippen LogP contribution in [0.2, 0.25) is 0 Å². The fourth-order valence-corrected chi connectivity index (χ4v) is 3.14. The number of nitrogens with zero attached hydrogens (tertiary/aromatic N) is 3. The van der Waals surface area contributed by atoms with E-state index in [0.717, 1.165) is 13.1 Å². The van der Waals surface area contributed by atoms with Crippen molar-refractivity contribution >= 4 is 5.91 Å². The number of H-pyrrole nitrogens is 1. The smallest absolute Gasteiger partial charge is 0.271 e. The number of hydrogen-bond donors (Lipinski definition) is 2. The highest BCUT2D eigenvalue weighted by atomic mass is 16.3. The molecule has 1 atom stereocenters. The minimum Gasteiger partial charge on any atom is -0.387 e. The predicted octanol–water partition coefficient (Wildman–Crippen LogP) is 1.12. The van der Waals surface area contributed by atoms with Crippen LogP contribution in [-0.4, -0.2) is 63.3 Å². The van der Waals surface area contributed by atoms with Gasteiger partial charge in [0.15, 0.2) is 0 Å². The highest BCUT2D eigenvalue weighted by molar-refractivity contribution is 5.92. The molecule has 1 saturated heterocycles.